The number of hydrogen-bond donors (Lipinski definition) is 1. The maximum atomic E-state index is 11.4. The van der Waals surface area contributed by atoms with Crippen molar-refractivity contribution < 1.29 is 9.90 Å². The van der Waals surface area contributed by atoms with Crippen LogP contribution in [0.3, 0.4) is 0 Å². The topological polar surface area (TPSA) is 37.3 Å². The normalized spacial score (nSPS) is 30.6. The highest BCUT2D eigenvalue weighted by atomic mass is 16.4. The Morgan fingerprint density at radius 1 is 1.41 bits per heavy atom. The number of carboxylic acid groups (broad SMARTS) is 1. The quantitative estimate of drug-likeness (QED) is 0.748. The van der Waals surface area contributed by atoms with E-state index in [-0.39, 0.29) is 5.92 Å². The fraction of sp³-hybridized carbons (Fsp3) is 0.800. The minimum atomic E-state index is -0.711. The first-order chi connectivity index (χ1) is 7.97. The van der Waals surface area contributed by atoms with Crippen LogP contribution >= 0.6 is 0 Å². The van der Waals surface area contributed by atoms with Crippen molar-refractivity contribution in [1.29, 1.82) is 0 Å². The average molecular weight is 238 g/mol. The van der Waals surface area contributed by atoms with Crippen LogP contribution in [-0.2, 0) is 4.79 Å². The lowest BCUT2D eigenvalue weighted by molar-refractivity contribution is -0.133. The van der Waals surface area contributed by atoms with E-state index in [4.69, 9.17) is 0 Å². The van der Waals surface area contributed by atoms with Crippen molar-refractivity contribution in [3.63, 3.8) is 0 Å². The molecule has 3 unspecified atom stereocenters. The van der Waals surface area contributed by atoms with Gasteiger partial charge in [-0.15, -0.1) is 0 Å². The lowest BCUT2D eigenvalue weighted by Gasteiger charge is -2.37. The van der Waals surface area contributed by atoms with E-state index in [1.54, 1.807) is 0 Å². The Morgan fingerprint density at radius 2 is 2.06 bits per heavy atom. The first-order valence-corrected chi connectivity index (χ1v) is 6.90. The minimum absolute atomic E-state index is 0.260. The maximum absolute atomic E-state index is 11.4. The van der Waals surface area contributed by atoms with E-state index in [2.05, 4.69) is 20.8 Å². The first kappa shape index (κ1) is 14.3. The molecule has 1 rings (SSSR count). The molecule has 0 amide bonds. The third-order valence-corrected chi connectivity index (χ3v) is 4.09. The van der Waals surface area contributed by atoms with Crippen LogP contribution in [0.2, 0.25) is 0 Å². The molecule has 1 fully saturated rings. The zero-order chi connectivity index (χ0) is 13.0. The molecule has 98 valence electrons. The molecule has 0 spiro atoms. The molecule has 1 saturated carbocycles. The van der Waals surface area contributed by atoms with E-state index in [0.29, 0.717) is 23.3 Å². The van der Waals surface area contributed by atoms with Crippen molar-refractivity contribution >= 4 is 5.97 Å². The van der Waals surface area contributed by atoms with Crippen LogP contribution in [0.1, 0.15) is 53.4 Å². The van der Waals surface area contributed by atoms with Crippen molar-refractivity contribution in [2.75, 3.05) is 0 Å². The van der Waals surface area contributed by atoms with Gasteiger partial charge in [0, 0.05) is 5.57 Å². The summed E-state index contributed by atoms with van der Waals surface area (Å²) in [5, 5.41) is 9.37. The second-order valence-corrected chi connectivity index (χ2v) is 5.81. The van der Waals surface area contributed by atoms with Gasteiger partial charge >= 0.3 is 5.97 Å². The van der Waals surface area contributed by atoms with Gasteiger partial charge in [-0.3, -0.25) is 0 Å². The number of hydrogen-bond acceptors (Lipinski definition) is 1. The van der Waals surface area contributed by atoms with Gasteiger partial charge in [0.1, 0.15) is 0 Å². The Morgan fingerprint density at radius 3 is 2.53 bits per heavy atom. The number of rotatable bonds is 4. The molecule has 1 N–H and O–H groups in total. The summed E-state index contributed by atoms with van der Waals surface area (Å²) in [7, 11) is 0. The molecule has 1 aliphatic rings. The van der Waals surface area contributed by atoms with Gasteiger partial charge in [-0.2, -0.15) is 0 Å². The smallest absolute Gasteiger partial charge is 0.331 e. The molecule has 0 saturated heterocycles. The molecule has 2 nitrogen and oxygen atoms in total. The molecule has 0 bridgehead atoms. The Bertz CT molecular complexity index is 291. The third-order valence-electron chi connectivity index (χ3n) is 4.09. The summed E-state index contributed by atoms with van der Waals surface area (Å²) in [6, 6.07) is 0. The van der Waals surface area contributed by atoms with Crippen LogP contribution in [0.4, 0.5) is 0 Å². The molecular formula is C15H26O2. The van der Waals surface area contributed by atoms with Crippen LogP contribution in [0.15, 0.2) is 11.6 Å². The van der Waals surface area contributed by atoms with E-state index in [1.165, 1.54) is 12.8 Å². The Hall–Kier alpha value is -0.790. The number of carboxylic acids is 1. The summed E-state index contributed by atoms with van der Waals surface area (Å²) in [5.74, 6) is 1.33. The van der Waals surface area contributed by atoms with Crippen LogP contribution in [0.25, 0.3) is 0 Å². The van der Waals surface area contributed by atoms with Gasteiger partial charge in [-0.05, 0) is 42.9 Å². The SMILES string of the molecule is CCC=C(C(=O)O)C1CC(C)CCC1C(C)C. The fourth-order valence-corrected chi connectivity index (χ4v) is 3.18. The number of aliphatic carboxylic acids is 1. The van der Waals surface area contributed by atoms with Gasteiger partial charge in [0.05, 0.1) is 0 Å². The zero-order valence-electron chi connectivity index (χ0n) is 11.6. The molecule has 1 aliphatic carbocycles. The van der Waals surface area contributed by atoms with Crippen molar-refractivity contribution in [1.82, 2.24) is 0 Å². The summed E-state index contributed by atoms with van der Waals surface area (Å²) < 4.78 is 0. The largest absolute Gasteiger partial charge is 0.478 e. The van der Waals surface area contributed by atoms with Crippen LogP contribution in [0, 0.1) is 23.7 Å². The highest BCUT2D eigenvalue weighted by Gasteiger charge is 2.35. The monoisotopic (exact) mass is 238 g/mol. The zero-order valence-corrected chi connectivity index (χ0v) is 11.6. The lowest BCUT2D eigenvalue weighted by atomic mass is 9.67. The van der Waals surface area contributed by atoms with Crippen molar-refractivity contribution in [2.45, 2.75) is 53.4 Å². The van der Waals surface area contributed by atoms with Crippen molar-refractivity contribution in [2.24, 2.45) is 23.7 Å². The Kier molecular flexibility index (Phi) is 5.23. The predicted octanol–water partition coefficient (Wildman–Crippen LogP) is 4.12. The van der Waals surface area contributed by atoms with E-state index in [9.17, 15) is 9.90 Å². The minimum Gasteiger partial charge on any atom is -0.478 e. The maximum Gasteiger partial charge on any atom is 0.331 e. The van der Waals surface area contributed by atoms with Gasteiger partial charge in [0.15, 0.2) is 0 Å². The van der Waals surface area contributed by atoms with E-state index < -0.39 is 5.97 Å². The van der Waals surface area contributed by atoms with E-state index in [1.807, 2.05) is 13.0 Å². The van der Waals surface area contributed by atoms with Gasteiger partial charge in [-0.1, -0.05) is 40.2 Å². The van der Waals surface area contributed by atoms with Crippen LogP contribution in [-0.4, -0.2) is 11.1 Å². The summed E-state index contributed by atoms with van der Waals surface area (Å²) in [5.41, 5.74) is 0.665. The van der Waals surface area contributed by atoms with Crippen molar-refractivity contribution in [3.05, 3.63) is 11.6 Å². The molecule has 0 aromatic carbocycles. The van der Waals surface area contributed by atoms with Gasteiger partial charge in [0.2, 0.25) is 0 Å². The van der Waals surface area contributed by atoms with E-state index >= 15 is 0 Å². The fourth-order valence-electron chi connectivity index (χ4n) is 3.18. The first-order valence-electron chi connectivity index (χ1n) is 6.90. The molecule has 17 heavy (non-hydrogen) atoms. The highest BCUT2D eigenvalue weighted by molar-refractivity contribution is 5.87. The predicted molar refractivity (Wildman–Crippen MR) is 70.8 cm³/mol. The molecule has 0 heterocycles. The van der Waals surface area contributed by atoms with E-state index in [0.717, 1.165) is 12.8 Å². The Balaban J connectivity index is 2.94. The summed E-state index contributed by atoms with van der Waals surface area (Å²) >= 11 is 0. The molecule has 3 atom stereocenters. The highest BCUT2D eigenvalue weighted by Crippen LogP contribution is 2.41. The molecular weight excluding hydrogens is 212 g/mol. The number of carbonyl (C=O) groups is 1. The van der Waals surface area contributed by atoms with Crippen molar-refractivity contribution in [3.8, 4) is 0 Å². The summed E-state index contributed by atoms with van der Waals surface area (Å²) in [4.78, 5) is 11.4. The van der Waals surface area contributed by atoms with Gasteiger partial charge < -0.3 is 5.11 Å². The summed E-state index contributed by atoms with van der Waals surface area (Å²) in [6.45, 7) is 8.70. The molecule has 0 aromatic rings. The standard InChI is InChI=1S/C15H26O2/c1-5-6-13(15(16)17)14-9-11(4)7-8-12(14)10(2)3/h6,10-12,14H,5,7-9H2,1-4H3,(H,16,17). The second-order valence-electron chi connectivity index (χ2n) is 5.81. The van der Waals surface area contributed by atoms with Gasteiger partial charge in [0.25, 0.3) is 0 Å². The van der Waals surface area contributed by atoms with Crippen LogP contribution < -0.4 is 0 Å². The third kappa shape index (κ3) is 3.58. The molecule has 2 heteroatoms. The molecule has 0 aliphatic heterocycles. The summed E-state index contributed by atoms with van der Waals surface area (Å²) in [6.07, 6.45) is 6.20. The van der Waals surface area contributed by atoms with Gasteiger partial charge in [-0.25, -0.2) is 4.79 Å². The second kappa shape index (κ2) is 6.23. The molecule has 0 aromatic heterocycles. The Labute approximate surface area is 105 Å². The number of allylic oxidation sites excluding steroid dienone is 1. The lowest BCUT2D eigenvalue weighted by Crippen LogP contribution is -2.31. The molecule has 0 radical (unpaired) electrons. The average Bonchev–Trinajstić information content (AvgIpc) is 2.24. The van der Waals surface area contributed by atoms with Crippen LogP contribution in [0.5, 0.6) is 0 Å².